The van der Waals surface area contributed by atoms with Crippen molar-refractivity contribution < 1.29 is 4.79 Å². The predicted octanol–water partition coefficient (Wildman–Crippen LogP) is 4.70. The summed E-state index contributed by atoms with van der Waals surface area (Å²) in [6, 6.07) is 13.1. The number of rotatable bonds is 6. The molecule has 0 radical (unpaired) electrons. The summed E-state index contributed by atoms with van der Waals surface area (Å²) in [6.07, 6.45) is 9.04. The quantitative estimate of drug-likeness (QED) is 0.777. The molecule has 0 aliphatic heterocycles. The molecule has 5 nitrogen and oxygen atoms in total. The minimum atomic E-state index is -0.235. The van der Waals surface area contributed by atoms with Crippen LogP contribution in [0.3, 0.4) is 0 Å². The molecule has 1 aromatic carbocycles. The van der Waals surface area contributed by atoms with Crippen molar-refractivity contribution in [1.29, 1.82) is 0 Å². The molecule has 0 spiro atoms. The van der Waals surface area contributed by atoms with Crippen molar-refractivity contribution in [3.8, 4) is 0 Å². The molecular weight excluding hydrogens is 338 g/mol. The predicted molar refractivity (Wildman–Crippen MR) is 109 cm³/mol. The number of aromatic nitrogens is 1. The summed E-state index contributed by atoms with van der Waals surface area (Å²) in [7, 11) is 0. The van der Waals surface area contributed by atoms with Crippen molar-refractivity contribution in [2.24, 2.45) is 5.92 Å². The number of nitrogens with one attached hydrogen (secondary N) is 2. The lowest BCUT2D eigenvalue weighted by molar-refractivity contribution is 0.242. The largest absolute Gasteiger partial charge is 0.331 e. The summed E-state index contributed by atoms with van der Waals surface area (Å²) in [6.45, 7) is 2.48. The monoisotopic (exact) mass is 367 g/mol. The molecule has 1 saturated carbocycles. The Bertz CT molecular complexity index is 795. The maximum absolute atomic E-state index is 12.6. The van der Waals surface area contributed by atoms with Gasteiger partial charge >= 0.3 is 6.03 Å². The number of hydrogen-bond acceptors (Lipinski definition) is 2. The van der Waals surface area contributed by atoms with Gasteiger partial charge in [0.05, 0.1) is 11.7 Å². The summed E-state index contributed by atoms with van der Waals surface area (Å²) in [5, 5.41) is 6.02. The van der Waals surface area contributed by atoms with Gasteiger partial charge in [-0.05, 0) is 30.9 Å². The molecule has 27 heavy (non-hydrogen) atoms. The number of nitrogens with zero attached hydrogens (tertiary/aromatic N) is 1. The minimum absolute atomic E-state index is 0.00798. The van der Waals surface area contributed by atoms with E-state index >= 15 is 0 Å². The number of pyridine rings is 1. The standard InChI is InChI=1S/C22H29N3O2/c1-2-25-16-19(13-14-21(25)26)23-22(27)24-20(18-11-7-4-8-12-18)15-17-9-5-3-6-10-17/h4,7-8,11-14,16-17,20H,2-3,5-6,9-10,15H2,1H3,(H2,23,24,27). The van der Waals surface area contributed by atoms with E-state index in [4.69, 9.17) is 0 Å². The third-order valence-corrected chi connectivity index (χ3v) is 5.38. The Morgan fingerprint density at radius 3 is 2.56 bits per heavy atom. The van der Waals surface area contributed by atoms with Crippen LogP contribution in [0.5, 0.6) is 0 Å². The van der Waals surface area contributed by atoms with E-state index < -0.39 is 0 Å². The zero-order chi connectivity index (χ0) is 19.1. The fourth-order valence-corrected chi connectivity index (χ4v) is 3.90. The van der Waals surface area contributed by atoms with Crippen LogP contribution in [0.1, 0.15) is 57.1 Å². The van der Waals surface area contributed by atoms with Crippen LogP contribution in [0, 0.1) is 5.92 Å². The Morgan fingerprint density at radius 2 is 1.85 bits per heavy atom. The normalized spacial score (nSPS) is 15.9. The highest BCUT2D eigenvalue weighted by atomic mass is 16.2. The number of carbonyl (C=O) groups is 1. The van der Waals surface area contributed by atoms with Gasteiger partial charge in [-0.2, -0.15) is 0 Å². The second kappa shape index (κ2) is 9.40. The number of amides is 2. The van der Waals surface area contributed by atoms with E-state index in [-0.39, 0.29) is 17.6 Å². The first-order valence-electron chi connectivity index (χ1n) is 9.98. The van der Waals surface area contributed by atoms with E-state index in [1.165, 1.54) is 38.2 Å². The lowest BCUT2D eigenvalue weighted by atomic mass is 9.83. The first-order valence-corrected chi connectivity index (χ1v) is 9.98. The van der Waals surface area contributed by atoms with E-state index in [9.17, 15) is 9.59 Å². The van der Waals surface area contributed by atoms with Gasteiger partial charge in [-0.15, -0.1) is 0 Å². The molecule has 144 valence electrons. The topological polar surface area (TPSA) is 63.1 Å². The van der Waals surface area contributed by atoms with E-state index in [1.807, 2.05) is 25.1 Å². The van der Waals surface area contributed by atoms with Crippen molar-refractivity contribution in [2.45, 2.75) is 58.0 Å². The number of anilines is 1. The van der Waals surface area contributed by atoms with E-state index in [2.05, 4.69) is 22.8 Å². The van der Waals surface area contributed by atoms with Gasteiger partial charge in [0.1, 0.15) is 0 Å². The van der Waals surface area contributed by atoms with E-state index in [0.717, 1.165) is 12.0 Å². The Morgan fingerprint density at radius 1 is 1.11 bits per heavy atom. The third kappa shape index (κ3) is 5.46. The molecule has 1 aliphatic rings. The van der Waals surface area contributed by atoms with Crippen LogP contribution >= 0.6 is 0 Å². The molecule has 2 amide bonds. The van der Waals surface area contributed by atoms with Crippen molar-refractivity contribution in [3.63, 3.8) is 0 Å². The Balaban J connectivity index is 1.69. The van der Waals surface area contributed by atoms with Gasteiger partial charge in [-0.3, -0.25) is 4.79 Å². The summed E-state index contributed by atoms with van der Waals surface area (Å²) >= 11 is 0. The van der Waals surface area contributed by atoms with Gasteiger partial charge in [0.15, 0.2) is 0 Å². The molecule has 1 aliphatic carbocycles. The van der Waals surface area contributed by atoms with Crippen LogP contribution in [0.15, 0.2) is 53.5 Å². The SMILES string of the molecule is CCn1cc(NC(=O)NC(CC2CCCCC2)c2ccccc2)ccc1=O. The van der Waals surface area contributed by atoms with Gasteiger partial charge in [-0.1, -0.05) is 62.4 Å². The third-order valence-electron chi connectivity index (χ3n) is 5.38. The maximum atomic E-state index is 12.6. The molecule has 5 heteroatoms. The molecule has 3 rings (SSSR count). The number of benzene rings is 1. The molecule has 2 aromatic rings. The molecule has 2 N–H and O–H groups in total. The fraction of sp³-hybridized carbons (Fsp3) is 0.455. The van der Waals surface area contributed by atoms with Crippen molar-refractivity contribution in [2.75, 3.05) is 5.32 Å². The molecule has 0 bridgehead atoms. The second-order valence-electron chi connectivity index (χ2n) is 7.34. The zero-order valence-electron chi connectivity index (χ0n) is 16.0. The maximum Gasteiger partial charge on any atom is 0.319 e. The molecule has 1 fully saturated rings. The highest BCUT2D eigenvalue weighted by Crippen LogP contribution is 2.32. The van der Waals surface area contributed by atoms with Gasteiger partial charge < -0.3 is 15.2 Å². The Hall–Kier alpha value is -2.56. The van der Waals surface area contributed by atoms with Gasteiger partial charge in [0.25, 0.3) is 5.56 Å². The fourth-order valence-electron chi connectivity index (χ4n) is 3.90. The lowest BCUT2D eigenvalue weighted by Gasteiger charge is -2.27. The first kappa shape index (κ1) is 19.2. The number of urea groups is 1. The Labute approximate surface area is 160 Å². The van der Waals surface area contributed by atoms with Crippen LogP contribution in [-0.4, -0.2) is 10.6 Å². The van der Waals surface area contributed by atoms with Crippen LogP contribution in [0.2, 0.25) is 0 Å². The molecule has 1 unspecified atom stereocenters. The van der Waals surface area contributed by atoms with Crippen LogP contribution < -0.4 is 16.2 Å². The molecular formula is C22H29N3O2. The molecule has 1 atom stereocenters. The van der Waals surface area contributed by atoms with Crippen molar-refractivity contribution >= 4 is 11.7 Å². The summed E-state index contributed by atoms with van der Waals surface area (Å²) < 4.78 is 1.58. The van der Waals surface area contributed by atoms with Crippen LogP contribution in [0.25, 0.3) is 0 Å². The Kier molecular flexibility index (Phi) is 6.69. The van der Waals surface area contributed by atoms with E-state index in [0.29, 0.717) is 18.2 Å². The van der Waals surface area contributed by atoms with Crippen molar-refractivity contribution in [3.05, 3.63) is 64.6 Å². The van der Waals surface area contributed by atoms with E-state index in [1.54, 1.807) is 16.8 Å². The molecule has 0 saturated heterocycles. The van der Waals surface area contributed by atoms with Gasteiger partial charge in [0.2, 0.25) is 0 Å². The van der Waals surface area contributed by atoms with Gasteiger partial charge in [-0.25, -0.2) is 4.79 Å². The first-order chi connectivity index (χ1) is 13.2. The summed E-state index contributed by atoms with van der Waals surface area (Å²) in [5.41, 5.74) is 1.69. The number of carbonyl (C=O) groups excluding carboxylic acids is 1. The lowest BCUT2D eigenvalue weighted by Crippen LogP contribution is -2.34. The second-order valence-corrected chi connectivity index (χ2v) is 7.34. The smallest absolute Gasteiger partial charge is 0.319 e. The average molecular weight is 367 g/mol. The number of aryl methyl sites for hydroxylation is 1. The number of hydrogen-bond donors (Lipinski definition) is 2. The zero-order valence-corrected chi connectivity index (χ0v) is 16.0. The molecule has 1 heterocycles. The average Bonchev–Trinajstić information content (AvgIpc) is 2.70. The van der Waals surface area contributed by atoms with Crippen LogP contribution in [0.4, 0.5) is 10.5 Å². The molecule has 1 aromatic heterocycles. The van der Waals surface area contributed by atoms with Crippen molar-refractivity contribution in [1.82, 2.24) is 9.88 Å². The van der Waals surface area contributed by atoms with Crippen LogP contribution in [-0.2, 0) is 6.54 Å². The summed E-state index contributed by atoms with van der Waals surface area (Å²) in [4.78, 5) is 24.3. The van der Waals surface area contributed by atoms with Gasteiger partial charge in [0, 0.05) is 18.8 Å². The minimum Gasteiger partial charge on any atom is -0.331 e. The summed E-state index contributed by atoms with van der Waals surface area (Å²) in [5.74, 6) is 0.659. The highest BCUT2D eigenvalue weighted by Gasteiger charge is 2.21. The highest BCUT2D eigenvalue weighted by molar-refractivity contribution is 5.89.